The van der Waals surface area contributed by atoms with Gasteiger partial charge in [-0.3, -0.25) is 9.59 Å². The van der Waals surface area contributed by atoms with Crippen molar-refractivity contribution in [2.45, 2.75) is 31.2 Å². The van der Waals surface area contributed by atoms with Crippen LogP contribution in [0.5, 0.6) is 0 Å². The summed E-state index contributed by atoms with van der Waals surface area (Å²) in [4.78, 5) is 30.0. The number of aryl methyl sites for hydroxylation is 1. The molecule has 9 nitrogen and oxygen atoms in total. The summed E-state index contributed by atoms with van der Waals surface area (Å²) in [5, 5.41) is 3.75. The number of benzene rings is 1. The molecule has 1 aromatic carbocycles. The van der Waals surface area contributed by atoms with Gasteiger partial charge in [0.2, 0.25) is 11.8 Å². The highest BCUT2D eigenvalue weighted by Crippen LogP contribution is 2.29. The second-order valence-corrected chi connectivity index (χ2v) is 7.67. The normalized spacial score (nSPS) is 15.2. The smallest absolute Gasteiger partial charge is 0.269 e. The van der Waals surface area contributed by atoms with Gasteiger partial charge in [-0.15, -0.1) is 0 Å². The number of hydrogen-bond donors (Lipinski definition) is 0. The summed E-state index contributed by atoms with van der Waals surface area (Å²) in [5.41, 5.74) is 0.131. The highest BCUT2D eigenvalue weighted by Gasteiger charge is 2.40. The van der Waals surface area contributed by atoms with E-state index in [-0.39, 0.29) is 35.9 Å². The third-order valence-corrected chi connectivity index (χ3v) is 5.91. The molecule has 1 aromatic heterocycles. The summed E-state index contributed by atoms with van der Waals surface area (Å²) in [6.07, 6.45) is 0.487. The minimum Gasteiger partial charge on any atom is -0.337 e. The number of nitrogens with zero attached hydrogens (tertiary/aromatic N) is 4. The number of hydrogen-bond acceptors (Lipinski definition) is 7. The molecule has 0 radical (unpaired) electrons. The number of fused-ring (bicyclic) bond motifs is 1. The third-order valence-electron chi connectivity index (χ3n) is 4.07. The minimum absolute atomic E-state index is 0.0243. The van der Waals surface area contributed by atoms with E-state index in [9.17, 15) is 18.0 Å². The molecule has 0 saturated carbocycles. The van der Waals surface area contributed by atoms with E-state index in [1.165, 1.54) is 17.0 Å². The van der Waals surface area contributed by atoms with Crippen molar-refractivity contribution in [3.8, 4) is 0 Å². The Labute approximate surface area is 150 Å². The van der Waals surface area contributed by atoms with Crippen LogP contribution in [-0.4, -0.2) is 53.2 Å². The van der Waals surface area contributed by atoms with Gasteiger partial charge < -0.3 is 9.42 Å². The van der Waals surface area contributed by atoms with Crippen molar-refractivity contribution >= 4 is 21.8 Å². The van der Waals surface area contributed by atoms with E-state index in [2.05, 4.69) is 10.1 Å². The largest absolute Gasteiger partial charge is 0.337 e. The van der Waals surface area contributed by atoms with Crippen molar-refractivity contribution < 1.29 is 22.5 Å². The lowest BCUT2D eigenvalue weighted by Crippen LogP contribution is -2.35. The maximum absolute atomic E-state index is 12.5. The predicted octanol–water partition coefficient (Wildman–Crippen LogP) is 0.825. The lowest BCUT2D eigenvalue weighted by molar-refractivity contribution is -0.130. The first kappa shape index (κ1) is 18.1. The molecule has 2 amide bonds. The third kappa shape index (κ3) is 3.19. The molecular formula is C16H18N4O5S. The van der Waals surface area contributed by atoms with Gasteiger partial charge in [-0.2, -0.15) is 4.98 Å². The summed E-state index contributed by atoms with van der Waals surface area (Å²) in [5.74, 6) is -0.0944. The van der Waals surface area contributed by atoms with Crippen LogP contribution in [0, 0.1) is 0 Å². The average Bonchev–Trinajstić information content (AvgIpc) is 3.15. The molecule has 0 spiro atoms. The van der Waals surface area contributed by atoms with E-state index in [4.69, 9.17) is 4.52 Å². The van der Waals surface area contributed by atoms with Gasteiger partial charge >= 0.3 is 0 Å². The van der Waals surface area contributed by atoms with E-state index >= 15 is 0 Å². The molecule has 26 heavy (non-hydrogen) atoms. The molecule has 0 saturated heterocycles. The van der Waals surface area contributed by atoms with Crippen LogP contribution in [0.2, 0.25) is 0 Å². The fourth-order valence-electron chi connectivity index (χ4n) is 2.63. The summed E-state index contributed by atoms with van der Waals surface area (Å²) in [6, 6.07) is 6.01. The minimum atomic E-state index is -3.90. The topological polar surface area (TPSA) is 114 Å². The molecule has 0 atom stereocenters. The highest BCUT2D eigenvalue weighted by atomic mass is 32.2. The fourth-order valence-corrected chi connectivity index (χ4v) is 4.20. The Balaban J connectivity index is 1.63. The number of aromatic nitrogens is 2. The number of rotatable bonds is 6. The molecule has 138 valence electrons. The second kappa shape index (κ2) is 6.87. The van der Waals surface area contributed by atoms with Crippen LogP contribution in [0.15, 0.2) is 33.7 Å². The van der Waals surface area contributed by atoms with Gasteiger partial charge in [0.05, 0.1) is 12.1 Å². The van der Waals surface area contributed by atoms with E-state index < -0.39 is 15.9 Å². The summed E-state index contributed by atoms with van der Waals surface area (Å²) in [6.45, 7) is 1.78. The van der Waals surface area contributed by atoms with Gasteiger partial charge in [-0.05, 0) is 12.1 Å². The first-order chi connectivity index (χ1) is 12.3. The Kier molecular flexibility index (Phi) is 4.77. The predicted molar refractivity (Wildman–Crippen MR) is 89.4 cm³/mol. The number of sulfonamides is 1. The average molecular weight is 378 g/mol. The molecule has 2 heterocycles. The lowest BCUT2D eigenvalue weighted by atomic mass is 10.2. The van der Waals surface area contributed by atoms with Crippen molar-refractivity contribution in [1.29, 1.82) is 0 Å². The monoisotopic (exact) mass is 378 g/mol. The van der Waals surface area contributed by atoms with Crippen molar-refractivity contribution in [1.82, 2.24) is 19.3 Å². The molecule has 1 aliphatic rings. The molecule has 0 aliphatic carbocycles. The van der Waals surface area contributed by atoms with Crippen LogP contribution < -0.4 is 0 Å². The van der Waals surface area contributed by atoms with E-state index in [1.807, 2.05) is 6.92 Å². The van der Waals surface area contributed by atoms with Crippen molar-refractivity contribution in [3.63, 3.8) is 0 Å². The maximum Gasteiger partial charge on any atom is 0.269 e. The molecule has 0 unspecified atom stereocenters. The van der Waals surface area contributed by atoms with Crippen LogP contribution in [0.4, 0.5) is 0 Å². The van der Waals surface area contributed by atoms with Crippen LogP contribution in [0.3, 0.4) is 0 Å². The van der Waals surface area contributed by atoms with Crippen LogP contribution in [0.25, 0.3) is 0 Å². The molecule has 3 rings (SSSR count). The van der Waals surface area contributed by atoms with Crippen LogP contribution >= 0.6 is 0 Å². The quantitative estimate of drug-likeness (QED) is 0.731. The molecule has 2 aromatic rings. The molecule has 10 heteroatoms. The highest BCUT2D eigenvalue weighted by molar-refractivity contribution is 7.90. The number of carbonyl (C=O) groups is 2. The molecule has 0 bridgehead atoms. The summed E-state index contributed by atoms with van der Waals surface area (Å²) < 4.78 is 30.7. The van der Waals surface area contributed by atoms with Crippen molar-refractivity contribution in [2.24, 2.45) is 0 Å². The molecular weight excluding hydrogens is 360 g/mol. The summed E-state index contributed by atoms with van der Waals surface area (Å²) in [7, 11) is -2.35. The van der Waals surface area contributed by atoms with Crippen LogP contribution in [-0.2, 0) is 27.8 Å². The van der Waals surface area contributed by atoms with E-state index in [0.717, 1.165) is 4.31 Å². The van der Waals surface area contributed by atoms with E-state index in [1.54, 1.807) is 19.2 Å². The fraction of sp³-hybridized carbons (Fsp3) is 0.375. The van der Waals surface area contributed by atoms with Gasteiger partial charge in [0.25, 0.3) is 15.9 Å². The van der Waals surface area contributed by atoms with Crippen molar-refractivity contribution in [2.75, 3.05) is 13.6 Å². The zero-order chi connectivity index (χ0) is 18.9. The maximum atomic E-state index is 12.5. The van der Waals surface area contributed by atoms with Crippen LogP contribution in [0.1, 0.15) is 35.4 Å². The summed E-state index contributed by atoms with van der Waals surface area (Å²) >= 11 is 0. The molecule has 1 aliphatic heterocycles. The SMILES string of the molecule is CCc1noc(CN(C)C(=O)CCN2C(=O)c3ccccc3S2(=O)=O)n1. The van der Waals surface area contributed by atoms with Crippen molar-refractivity contribution in [3.05, 3.63) is 41.5 Å². The number of carbonyl (C=O) groups excluding carboxylic acids is 2. The second-order valence-electron chi connectivity index (χ2n) is 5.84. The Morgan fingerprint density at radius 1 is 1.31 bits per heavy atom. The number of amides is 2. The molecule has 0 N–H and O–H groups in total. The first-order valence-electron chi connectivity index (χ1n) is 8.06. The van der Waals surface area contributed by atoms with Gasteiger partial charge in [0, 0.05) is 26.4 Å². The zero-order valence-electron chi connectivity index (χ0n) is 14.4. The van der Waals surface area contributed by atoms with Gasteiger partial charge in [-0.1, -0.05) is 24.2 Å². The van der Waals surface area contributed by atoms with E-state index in [0.29, 0.717) is 18.1 Å². The lowest BCUT2D eigenvalue weighted by Gasteiger charge is -2.18. The zero-order valence-corrected chi connectivity index (χ0v) is 15.2. The van der Waals surface area contributed by atoms with Gasteiger partial charge in [0.1, 0.15) is 4.90 Å². The first-order valence-corrected chi connectivity index (χ1v) is 9.50. The Morgan fingerprint density at radius 3 is 2.69 bits per heavy atom. The standard InChI is InChI=1S/C16H18N4O5S/c1-3-13-17-14(25-18-13)10-19(2)15(21)8-9-20-16(22)11-6-4-5-7-12(11)26(20,23)24/h4-7H,3,8-10H2,1-2H3. The Bertz CT molecular complexity index is 953. The van der Waals surface area contributed by atoms with Gasteiger partial charge in [0.15, 0.2) is 5.82 Å². The van der Waals surface area contributed by atoms with Gasteiger partial charge in [-0.25, -0.2) is 12.7 Å². The Morgan fingerprint density at radius 2 is 2.04 bits per heavy atom. The molecule has 0 fully saturated rings. The Hall–Kier alpha value is -2.75.